The summed E-state index contributed by atoms with van der Waals surface area (Å²) in [6, 6.07) is 6.15. The fourth-order valence-electron chi connectivity index (χ4n) is 2.75. The van der Waals surface area contributed by atoms with E-state index in [-0.39, 0.29) is 5.91 Å². The highest BCUT2D eigenvalue weighted by atomic mass is 16.2. The van der Waals surface area contributed by atoms with E-state index in [9.17, 15) is 4.79 Å². The van der Waals surface area contributed by atoms with Crippen LogP contribution in [0.4, 0.5) is 0 Å². The summed E-state index contributed by atoms with van der Waals surface area (Å²) in [4.78, 5) is 18.8. The van der Waals surface area contributed by atoms with Crippen molar-refractivity contribution in [3.8, 4) is 0 Å². The summed E-state index contributed by atoms with van der Waals surface area (Å²) in [6.45, 7) is 9.84. The molecule has 1 amide bonds. The Morgan fingerprint density at radius 2 is 1.95 bits per heavy atom. The first-order valence-corrected chi connectivity index (χ1v) is 7.70. The Morgan fingerprint density at radius 1 is 1.29 bits per heavy atom. The molecule has 0 atom stereocenters. The largest absolute Gasteiger partial charge is 0.343 e. The summed E-state index contributed by atoms with van der Waals surface area (Å²) in [6.07, 6.45) is 0.450. The first-order chi connectivity index (χ1) is 9.97. The van der Waals surface area contributed by atoms with E-state index in [1.165, 1.54) is 0 Å². The van der Waals surface area contributed by atoms with Crippen molar-refractivity contribution in [3.05, 3.63) is 29.6 Å². The van der Waals surface area contributed by atoms with Crippen LogP contribution in [0.3, 0.4) is 0 Å². The maximum Gasteiger partial charge on any atom is 0.226 e. The number of likely N-dealkylation sites (N-methyl/N-ethyl adjacent to an activating group) is 1. The first-order valence-electron chi connectivity index (χ1n) is 7.70. The van der Waals surface area contributed by atoms with Gasteiger partial charge in [0.15, 0.2) is 0 Å². The molecule has 0 saturated heterocycles. The topological polar surface area (TPSA) is 38.1 Å². The molecule has 2 aromatic rings. The average molecular weight is 287 g/mol. The van der Waals surface area contributed by atoms with Crippen LogP contribution in [0.2, 0.25) is 0 Å². The van der Waals surface area contributed by atoms with E-state index in [2.05, 4.69) is 24.5 Å². The van der Waals surface area contributed by atoms with Crippen molar-refractivity contribution in [2.75, 3.05) is 13.1 Å². The zero-order valence-corrected chi connectivity index (χ0v) is 13.7. The summed E-state index contributed by atoms with van der Waals surface area (Å²) in [7, 11) is 2.05. The number of aromatic nitrogens is 2. The number of nitrogens with zero attached hydrogens (tertiary/aromatic N) is 3. The number of amides is 1. The fraction of sp³-hybridized carbons (Fsp3) is 0.529. The van der Waals surface area contributed by atoms with Gasteiger partial charge in [0, 0.05) is 26.1 Å². The van der Waals surface area contributed by atoms with Crippen molar-refractivity contribution >= 4 is 16.9 Å². The molecule has 0 radical (unpaired) electrons. The van der Waals surface area contributed by atoms with Gasteiger partial charge in [-0.3, -0.25) is 4.79 Å². The molecule has 1 heterocycles. The number of benzene rings is 1. The summed E-state index contributed by atoms with van der Waals surface area (Å²) in [5.41, 5.74) is 3.14. The van der Waals surface area contributed by atoms with Crippen molar-refractivity contribution in [3.63, 3.8) is 0 Å². The Morgan fingerprint density at radius 3 is 2.52 bits per heavy atom. The SMILES string of the molecule is CCN(CC)C(=O)Cc1ccc2c(c1)nc(C(C)C)n2C. The van der Waals surface area contributed by atoms with Crippen molar-refractivity contribution in [1.29, 1.82) is 0 Å². The number of imidazole rings is 1. The molecule has 21 heavy (non-hydrogen) atoms. The molecule has 0 aliphatic rings. The second kappa shape index (κ2) is 6.29. The van der Waals surface area contributed by atoms with E-state index in [0.29, 0.717) is 12.3 Å². The van der Waals surface area contributed by atoms with Gasteiger partial charge in [-0.05, 0) is 31.5 Å². The van der Waals surface area contributed by atoms with Crippen LogP contribution in [0.5, 0.6) is 0 Å². The second-order valence-electron chi connectivity index (χ2n) is 5.75. The van der Waals surface area contributed by atoms with E-state index in [0.717, 1.165) is 35.5 Å². The standard InChI is InChI=1S/C17H25N3O/c1-6-20(7-2)16(21)11-13-8-9-15-14(10-13)18-17(12(3)4)19(15)5/h8-10,12H,6-7,11H2,1-5H3. The Bertz CT molecular complexity index is 639. The lowest BCUT2D eigenvalue weighted by atomic mass is 10.1. The van der Waals surface area contributed by atoms with Gasteiger partial charge in [-0.1, -0.05) is 19.9 Å². The van der Waals surface area contributed by atoms with Crippen molar-refractivity contribution in [1.82, 2.24) is 14.5 Å². The molecular formula is C17H25N3O. The zero-order valence-electron chi connectivity index (χ0n) is 13.7. The quantitative estimate of drug-likeness (QED) is 0.847. The van der Waals surface area contributed by atoms with E-state index in [4.69, 9.17) is 4.98 Å². The fourth-order valence-corrected chi connectivity index (χ4v) is 2.75. The van der Waals surface area contributed by atoms with Crippen molar-refractivity contribution < 1.29 is 4.79 Å². The Labute approximate surface area is 126 Å². The monoisotopic (exact) mass is 287 g/mol. The minimum atomic E-state index is 0.180. The van der Waals surface area contributed by atoms with Gasteiger partial charge in [0.2, 0.25) is 5.91 Å². The van der Waals surface area contributed by atoms with Crippen molar-refractivity contribution in [2.24, 2.45) is 7.05 Å². The predicted molar refractivity (Wildman–Crippen MR) is 86.4 cm³/mol. The Hall–Kier alpha value is -1.84. The maximum absolute atomic E-state index is 12.2. The third-order valence-corrected chi connectivity index (χ3v) is 3.97. The minimum absolute atomic E-state index is 0.180. The van der Waals surface area contributed by atoms with Gasteiger partial charge in [-0.25, -0.2) is 4.98 Å². The molecule has 0 spiro atoms. The molecule has 0 aliphatic carbocycles. The van der Waals surface area contributed by atoms with Crippen LogP contribution in [-0.2, 0) is 18.3 Å². The van der Waals surface area contributed by atoms with Gasteiger partial charge in [-0.15, -0.1) is 0 Å². The zero-order chi connectivity index (χ0) is 15.6. The smallest absolute Gasteiger partial charge is 0.226 e. The molecule has 0 saturated carbocycles. The number of carbonyl (C=O) groups excluding carboxylic acids is 1. The maximum atomic E-state index is 12.2. The molecular weight excluding hydrogens is 262 g/mol. The third kappa shape index (κ3) is 3.09. The molecule has 4 nitrogen and oxygen atoms in total. The molecule has 0 aliphatic heterocycles. The van der Waals surface area contributed by atoms with Crippen LogP contribution in [0, 0.1) is 0 Å². The van der Waals surface area contributed by atoms with Crippen LogP contribution < -0.4 is 0 Å². The highest BCUT2D eigenvalue weighted by Crippen LogP contribution is 2.21. The minimum Gasteiger partial charge on any atom is -0.343 e. The summed E-state index contributed by atoms with van der Waals surface area (Å²) in [5, 5.41) is 0. The molecule has 0 N–H and O–H groups in total. The lowest BCUT2D eigenvalue weighted by Crippen LogP contribution is -2.31. The Kier molecular flexibility index (Phi) is 4.66. The van der Waals surface area contributed by atoms with Crippen LogP contribution in [0.15, 0.2) is 18.2 Å². The van der Waals surface area contributed by atoms with E-state index in [1.54, 1.807) is 0 Å². The molecule has 1 aromatic heterocycles. The molecule has 0 fully saturated rings. The lowest BCUT2D eigenvalue weighted by molar-refractivity contribution is -0.130. The molecule has 2 rings (SSSR count). The van der Waals surface area contributed by atoms with Crippen molar-refractivity contribution in [2.45, 2.75) is 40.0 Å². The molecule has 4 heteroatoms. The molecule has 0 unspecified atom stereocenters. The number of rotatable bonds is 5. The highest BCUT2D eigenvalue weighted by Gasteiger charge is 2.14. The second-order valence-corrected chi connectivity index (χ2v) is 5.75. The number of hydrogen-bond acceptors (Lipinski definition) is 2. The third-order valence-electron chi connectivity index (χ3n) is 3.97. The molecule has 114 valence electrons. The number of aryl methyl sites for hydroxylation is 1. The molecule has 1 aromatic carbocycles. The van der Waals surface area contributed by atoms with Gasteiger partial charge in [0.1, 0.15) is 5.82 Å². The van der Waals surface area contributed by atoms with Crippen LogP contribution >= 0.6 is 0 Å². The van der Waals surface area contributed by atoms with Gasteiger partial charge in [-0.2, -0.15) is 0 Å². The summed E-state index contributed by atoms with van der Waals surface area (Å²) in [5.74, 6) is 1.65. The lowest BCUT2D eigenvalue weighted by Gasteiger charge is -2.18. The van der Waals surface area contributed by atoms with Gasteiger partial charge >= 0.3 is 0 Å². The van der Waals surface area contributed by atoms with Crippen LogP contribution in [0.25, 0.3) is 11.0 Å². The number of fused-ring (bicyclic) bond motifs is 1. The van der Waals surface area contributed by atoms with Gasteiger partial charge in [0.05, 0.1) is 17.5 Å². The normalized spacial score (nSPS) is 11.3. The van der Waals surface area contributed by atoms with Gasteiger partial charge < -0.3 is 9.47 Å². The van der Waals surface area contributed by atoms with E-state index in [1.807, 2.05) is 37.9 Å². The number of hydrogen-bond donors (Lipinski definition) is 0. The van der Waals surface area contributed by atoms with Crippen LogP contribution in [0.1, 0.15) is 45.0 Å². The predicted octanol–water partition coefficient (Wildman–Crippen LogP) is 3.11. The first kappa shape index (κ1) is 15.5. The molecule has 0 bridgehead atoms. The average Bonchev–Trinajstić information content (AvgIpc) is 2.77. The summed E-state index contributed by atoms with van der Waals surface area (Å²) < 4.78 is 2.13. The highest BCUT2D eigenvalue weighted by molar-refractivity contribution is 5.82. The Balaban J connectivity index is 2.29. The van der Waals surface area contributed by atoms with E-state index < -0.39 is 0 Å². The summed E-state index contributed by atoms with van der Waals surface area (Å²) >= 11 is 0. The number of carbonyl (C=O) groups is 1. The van der Waals surface area contributed by atoms with Gasteiger partial charge in [0.25, 0.3) is 0 Å². The van der Waals surface area contributed by atoms with Crippen LogP contribution in [-0.4, -0.2) is 33.4 Å². The van der Waals surface area contributed by atoms with E-state index >= 15 is 0 Å².